The molecule has 1 fully saturated rings. The van der Waals surface area contributed by atoms with Crippen LogP contribution in [0.25, 0.3) is 0 Å². The molecule has 4 nitrogen and oxygen atoms in total. The van der Waals surface area contributed by atoms with Crippen molar-refractivity contribution in [1.82, 2.24) is 4.98 Å². The molecule has 102 valence electrons. The van der Waals surface area contributed by atoms with E-state index in [1.165, 1.54) is 12.3 Å². The Morgan fingerprint density at radius 2 is 2.16 bits per heavy atom. The van der Waals surface area contributed by atoms with Gasteiger partial charge in [0.25, 0.3) is 0 Å². The van der Waals surface area contributed by atoms with Crippen molar-refractivity contribution < 1.29 is 13.2 Å². The molecule has 0 spiro atoms. The van der Waals surface area contributed by atoms with Crippen LogP contribution < -0.4 is 11.1 Å². The fraction of sp³-hybridized carbons (Fsp3) is 0.500. The molecule has 1 aromatic rings. The Balaban J connectivity index is 2.16. The van der Waals surface area contributed by atoms with Crippen LogP contribution in [-0.4, -0.2) is 17.1 Å². The molecule has 0 amide bonds. The molecular weight excluding hydrogens is 257 g/mol. The van der Waals surface area contributed by atoms with E-state index in [9.17, 15) is 13.2 Å². The molecule has 0 aromatic carbocycles. The lowest BCUT2D eigenvalue weighted by atomic mass is 9.78. The number of alkyl halides is 3. The second kappa shape index (κ2) is 4.70. The number of anilines is 1. The summed E-state index contributed by atoms with van der Waals surface area (Å²) < 4.78 is 38.2. The number of nitriles is 1. The zero-order chi connectivity index (χ0) is 14.1. The van der Waals surface area contributed by atoms with Crippen LogP contribution in [0.3, 0.4) is 0 Å². The first-order valence-electron chi connectivity index (χ1n) is 5.84. The van der Waals surface area contributed by atoms with Crippen LogP contribution in [0, 0.1) is 11.3 Å². The molecule has 0 saturated heterocycles. The summed E-state index contributed by atoms with van der Waals surface area (Å²) in [6.45, 7) is 0.401. The Labute approximate surface area is 108 Å². The number of nitrogens with one attached hydrogen (secondary N) is 1. The monoisotopic (exact) mass is 270 g/mol. The maximum atomic E-state index is 12.7. The molecule has 1 aliphatic carbocycles. The molecule has 7 heteroatoms. The average molecular weight is 270 g/mol. The molecule has 1 saturated carbocycles. The first-order chi connectivity index (χ1) is 8.84. The predicted octanol–water partition coefficient (Wildman–Crippen LogP) is 2.27. The topological polar surface area (TPSA) is 74.7 Å². The normalized spacial score (nSPS) is 17.4. The van der Waals surface area contributed by atoms with Gasteiger partial charge in [-0.05, 0) is 25.3 Å². The van der Waals surface area contributed by atoms with Gasteiger partial charge in [-0.3, -0.25) is 0 Å². The predicted molar refractivity (Wildman–Crippen MR) is 63.2 cm³/mol. The van der Waals surface area contributed by atoms with Gasteiger partial charge in [-0.15, -0.1) is 0 Å². The molecule has 0 aliphatic heterocycles. The van der Waals surface area contributed by atoms with E-state index >= 15 is 0 Å². The van der Waals surface area contributed by atoms with Crippen molar-refractivity contribution in [2.45, 2.75) is 31.0 Å². The number of nitrogens with two attached hydrogens (primary N) is 1. The van der Waals surface area contributed by atoms with Gasteiger partial charge in [0.1, 0.15) is 6.07 Å². The largest absolute Gasteiger partial charge is 0.419 e. The first kappa shape index (κ1) is 13.6. The molecule has 1 heterocycles. The summed E-state index contributed by atoms with van der Waals surface area (Å²) >= 11 is 0. The summed E-state index contributed by atoms with van der Waals surface area (Å²) in [5, 5.41) is 11.5. The van der Waals surface area contributed by atoms with Crippen LogP contribution in [0.1, 0.15) is 30.5 Å². The second-order valence-electron chi connectivity index (χ2n) is 4.80. The summed E-state index contributed by atoms with van der Waals surface area (Å²) in [5.74, 6) is 0. The zero-order valence-electron chi connectivity index (χ0n) is 10.1. The van der Waals surface area contributed by atoms with Gasteiger partial charge in [0.2, 0.25) is 0 Å². The molecule has 0 bridgehead atoms. The van der Waals surface area contributed by atoms with Gasteiger partial charge in [0, 0.05) is 12.1 Å². The molecule has 0 unspecified atom stereocenters. The van der Waals surface area contributed by atoms with Gasteiger partial charge in [-0.2, -0.15) is 18.4 Å². The Kier molecular flexibility index (Phi) is 3.37. The third-order valence-electron chi connectivity index (χ3n) is 3.29. The molecule has 1 aliphatic rings. The lowest BCUT2D eigenvalue weighted by Crippen LogP contribution is -2.51. The highest BCUT2D eigenvalue weighted by Crippen LogP contribution is 2.33. The SMILES string of the molecule is N#Cc1ncc(NCC2(N)CCC2)cc1C(F)(F)F. The van der Waals surface area contributed by atoms with Crippen molar-refractivity contribution in [2.75, 3.05) is 11.9 Å². The number of hydrogen-bond acceptors (Lipinski definition) is 4. The van der Waals surface area contributed by atoms with Crippen LogP contribution in [-0.2, 0) is 6.18 Å². The summed E-state index contributed by atoms with van der Waals surface area (Å²) in [7, 11) is 0. The highest BCUT2D eigenvalue weighted by atomic mass is 19.4. The summed E-state index contributed by atoms with van der Waals surface area (Å²) in [6.07, 6.45) is -0.619. The quantitative estimate of drug-likeness (QED) is 0.883. The zero-order valence-corrected chi connectivity index (χ0v) is 10.1. The van der Waals surface area contributed by atoms with Crippen molar-refractivity contribution in [3.05, 3.63) is 23.5 Å². The number of pyridine rings is 1. The maximum Gasteiger partial charge on any atom is 0.419 e. The minimum Gasteiger partial charge on any atom is -0.382 e. The average Bonchev–Trinajstić information content (AvgIpc) is 2.32. The molecule has 0 atom stereocenters. The van der Waals surface area contributed by atoms with Crippen LogP contribution in [0.15, 0.2) is 12.3 Å². The van der Waals surface area contributed by atoms with Crippen molar-refractivity contribution in [1.29, 1.82) is 5.26 Å². The van der Waals surface area contributed by atoms with Gasteiger partial charge in [0.05, 0.1) is 17.4 Å². The van der Waals surface area contributed by atoms with Crippen LogP contribution in [0.5, 0.6) is 0 Å². The van der Waals surface area contributed by atoms with E-state index in [-0.39, 0.29) is 11.2 Å². The molecule has 0 radical (unpaired) electrons. The van der Waals surface area contributed by atoms with E-state index in [4.69, 9.17) is 11.0 Å². The summed E-state index contributed by atoms with van der Waals surface area (Å²) in [5.41, 5.74) is 4.21. The number of hydrogen-bond donors (Lipinski definition) is 2. The molecular formula is C12H13F3N4. The van der Waals surface area contributed by atoms with E-state index in [2.05, 4.69) is 10.3 Å². The van der Waals surface area contributed by atoms with Gasteiger partial charge in [-0.25, -0.2) is 4.98 Å². The number of aromatic nitrogens is 1. The summed E-state index contributed by atoms with van der Waals surface area (Å²) in [4.78, 5) is 3.52. The molecule has 19 heavy (non-hydrogen) atoms. The van der Waals surface area contributed by atoms with Crippen molar-refractivity contribution >= 4 is 5.69 Å². The number of rotatable bonds is 3. The fourth-order valence-electron chi connectivity index (χ4n) is 1.95. The van der Waals surface area contributed by atoms with Crippen LogP contribution >= 0.6 is 0 Å². The molecule has 3 N–H and O–H groups in total. The Hall–Kier alpha value is -1.81. The van der Waals surface area contributed by atoms with Gasteiger partial charge in [-0.1, -0.05) is 0 Å². The van der Waals surface area contributed by atoms with E-state index in [1.807, 2.05) is 0 Å². The highest BCUT2D eigenvalue weighted by molar-refractivity contribution is 5.49. The van der Waals surface area contributed by atoms with Gasteiger partial charge < -0.3 is 11.1 Å². The Morgan fingerprint density at radius 1 is 1.47 bits per heavy atom. The standard InChI is InChI=1S/C12H13F3N4/c13-12(14,15)9-4-8(6-18-10(9)5-16)19-7-11(17)2-1-3-11/h4,6,19H,1-3,7,17H2. The Bertz CT molecular complexity index is 515. The third kappa shape index (κ3) is 2.96. The van der Waals surface area contributed by atoms with Crippen molar-refractivity contribution in [2.24, 2.45) is 5.73 Å². The van der Waals surface area contributed by atoms with Crippen LogP contribution in [0.4, 0.5) is 18.9 Å². The van der Waals surface area contributed by atoms with E-state index < -0.39 is 17.4 Å². The van der Waals surface area contributed by atoms with E-state index in [0.29, 0.717) is 6.54 Å². The smallest absolute Gasteiger partial charge is 0.382 e. The highest BCUT2D eigenvalue weighted by Gasteiger charge is 2.35. The minimum absolute atomic E-state index is 0.225. The van der Waals surface area contributed by atoms with E-state index in [0.717, 1.165) is 25.3 Å². The van der Waals surface area contributed by atoms with E-state index in [1.54, 1.807) is 0 Å². The van der Waals surface area contributed by atoms with Gasteiger partial charge >= 0.3 is 6.18 Å². The first-order valence-corrected chi connectivity index (χ1v) is 5.84. The number of halogens is 3. The third-order valence-corrected chi connectivity index (χ3v) is 3.29. The lowest BCUT2D eigenvalue weighted by molar-refractivity contribution is -0.138. The molecule has 1 aromatic heterocycles. The van der Waals surface area contributed by atoms with Crippen molar-refractivity contribution in [3.63, 3.8) is 0 Å². The summed E-state index contributed by atoms with van der Waals surface area (Å²) in [6, 6.07) is 2.34. The molecule has 2 rings (SSSR count). The van der Waals surface area contributed by atoms with Crippen molar-refractivity contribution in [3.8, 4) is 6.07 Å². The minimum atomic E-state index is -4.59. The maximum absolute atomic E-state index is 12.7. The Morgan fingerprint density at radius 3 is 2.63 bits per heavy atom. The lowest BCUT2D eigenvalue weighted by Gasteiger charge is -2.38. The van der Waals surface area contributed by atoms with Crippen LogP contribution in [0.2, 0.25) is 0 Å². The second-order valence-corrected chi connectivity index (χ2v) is 4.80. The van der Waals surface area contributed by atoms with Gasteiger partial charge in [0.15, 0.2) is 5.69 Å². The number of nitrogens with zero attached hydrogens (tertiary/aromatic N) is 2. The fourth-order valence-corrected chi connectivity index (χ4v) is 1.95.